The molecule has 1 saturated carbocycles. The molecule has 1 heterocycles. The number of carboxylic acid groups (broad SMARTS) is 1. The van der Waals surface area contributed by atoms with Crippen molar-refractivity contribution in [3.63, 3.8) is 0 Å². The van der Waals surface area contributed by atoms with Crippen molar-refractivity contribution in [2.75, 3.05) is 13.2 Å². The molecular formula is C26H44O9. The van der Waals surface area contributed by atoms with Crippen LogP contribution in [0.1, 0.15) is 66.2 Å². The fraction of sp³-hybridized carbons (Fsp3) is 0.885. The van der Waals surface area contributed by atoms with Gasteiger partial charge in [0.1, 0.15) is 24.4 Å². The quantitative estimate of drug-likeness (QED) is 0.276. The van der Waals surface area contributed by atoms with Crippen LogP contribution in [0, 0.1) is 28.6 Å². The highest BCUT2D eigenvalue weighted by molar-refractivity contribution is 5.87. The molecule has 0 bridgehead atoms. The van der Waals surface area contributed by atoms with Gasteiger partial charge in [-0.2, -0.15) is 0 Å². The molecule has 9 heteroatoms. The van der Waals surface area contributed by atoms with Crippen LogP contribution in [0.25, 0.3) is 0 Å². The first-order valence-electron chi connectivity index (χ1n) is 12.9. The summed E-state index contributed by atoms with van der Waals surface area (Å²) >= 11 is 0. The maximum Gasteiger partial charge on any atom is 0.331 e. The van der Waals surface area contributed by atoms with Gasteiger partial charge in [-0.25, -0.2) is 4.79 Å². The van der Waals surface area contributed by atoms with Gasteiger partial charge in [-0.05, 0) is 60.7 Å². The Morgan fingerprint density at radius 3 is 2.43 bits per heavy atom. The predicted molar refractivity (Wildman–Crippen MR) is 127 cm³/mol. The second kappa shape index (κ2) is 11.1. The van der Waals surface area contributed by atoms with Crippen LogP contribution in [0.4, 0.5) is 0 Å². The maximum atomic E-state index is 12.2. The minimum atomic E-state index is -1.50. The Morgan fingerprint density at radius 1 is 1.14 bits per heavy atom. The summed E-state index contributed by atoms with van der Waals surface area (Å²) in [7, 11) is 0. The van der Waals surface area contributed by atoms with E-state index in [1.807, 2.05) is 6.08 Å². The Morgan fingerprint density at radius 2 is 1.83 bits per heavy atom. The first-order chi connectivity index (χ1) is 16.4. The van der Waals surface area contributed by atoms with Crippen molar-refractivity contribution in [3.05, 3.63) is 11.6 Å². The summed E-state index contributed by atoms with van der Waals surface area (Å²) in [6.45, 7) is 8.05. The number of carboxylic acids is 1. The van der Waals surface area contributed by atoms with E-state index in [1.54, 1.807) is 0 Å². The molecule has 0 spiro atoms. The topological polar surface area (TPSA) is 157 Å². The molecule has 3 rings (SSSR count). The third-order valence-electron chi connectivity index (χ3n) is 9.18. The first-order valence-corrected chi connectivity index (χ1v) is 12.9. The van der Waals surface area contributed by atoms with Crippen LogP contribution in [0.15, 0.2) is 11.6 Å². The summed E-state index contributed by atoms with van der Waals surface area (Å²) in [5, 5.41) is 59.5. The summed E-state index contributed by atoms with van der Waals surface area (Å²) in [6, 6.07) is 0. The van der Waals surface area contributed by atoms with E-state index in [9.17, 15) is 35.4 Å². The van der Waals surface area contributed by atoms with Crippen molar-refractivity contribution in [2.24, 2.45) is 28.6 Å². The SMILES string of the molecule is CC(CCO)CC[C@@H]1C(C(=O)O)=CC[C@@H]2C(C)(C)[C@H](O[C@@H]3O[C@H](CO)[C@@H](O)[C@H](O)[C@H]3O)CC[C@@]12C. The number of hydrogen-bond acceptors (Lipinski definition) is 8. The van der Waals surface area contributed by atoms with Crippen LogP contribution in [0.3, 0.4) is 0 Å². The van der Waals surface area contributed by atoms with E-state index in [2.05, 4.69) is 27.7 Å². The Hall–Kier alpha value is -1.07. The number of hydrogen-bond donors (Lipinski definition) is 6. The molecular weight excluding hydrogens is 456 g/mol. The van der Waals surface area contributed by atoms with Crippen molar-refractivity contribution < 1.29 is 44.9 Å². The standard InChI is InChI=1S/C26H44O9/c1-14(10-12-27)5-7-16-15(23(32)33)6-8-18-25(2,3)19(9-11-26(16,18)4)35-24-22(31)21(30)20(29)17(13-28)34-24/h6,14,16-22,24,27-31H,5,7-13H2,1-4H3,(H,32,33)/t14?,16-,17-,18-,19-,20-,21+,22-,24+,26+/m1/s1. The van der Waals surface area contributed by atoms with Crippen molar-refractivity contribution in [3.8, 4) is 0 Å². The molecule has 202 valence electrons. The Bertz CT molecular complexity index is 766. The zero-order valence-corrected chi connectivity index (χ0v) is 21.3. The summed E-state index contributed by atoms with van der Waals surface area (Å²) in [4.78, 5) is 12.2. The molecule has 1 unspecified atom stereocenters. The number of allylic oxidation sites excluding steroid dienone is 1. The molecule has 2 fully saturated rings. The molecule has 1 saturated heterocycles. The second-order valence-corrected chi connectivity index (χ2v) is 11.7. The van der Waals surface area contributed by atoms with Gasteiger partial charge >= 0.3 is 5.97 Å². The van der Waals surface area contributed by atoms with Crippen molar-refractivity contribution in [2.45, 2.75) is 103 Å². The molecule has 0 aromatic carbocycles. The molecule has 0 aromatic rings. The van der Waals surface area contributed by atoms with Crippen LogP contribution in [0.2, 0.25) is 0 Å². The lowest BCUT2D eigenvalue weighted by Crippen LogP contribution is -2.62. The number of fused-ring (bicyclic) bond motifs is 1. The lowest BCUT2D eigenvalue weighted by Gasteiger charge is -2.59. The highest BCUT2D eigenvalue weighted by Gasteiger charge is 2.58. The molecule has 0 radical (unpaired) electrons. The fourth-order valence-corrected chi connectivity index (χ4v) is 6.92. The smallest absolute Gasteiger partial charge is 0.331 e. The average Bonchev–Trinajstić information content (AvgIpc) is 2.79. The van der Waals surface area contributed by atoms with E-state index >= 15 is 0 Å². The van der Waals surface area contributed by atoms with Crippen LogP contribution >= 0.6 is 0 Å². The molecule has 0 amide bonds. The zero-order chi connectivity index (χ0) is 26.1. The number of carbonyl (C=O) groups is 1. The number of rotatable bonds is 9. The molecule has 1 aliphatic heterocycles. The van der Waals surface area contributed by atoms with Crippen molar-refractivity contribution in [1.29, 1.82) is 0 Å². The molecule has 10 atom stereocenters. The number of aliphatic carboxylic acids is 1. The van der Waals surface area contributed by atoms with Crippen LogP contribution in [-0.2, 0) is 14.3 Å². The molecule has 9 nitrogen and oxygen atoms in total. The van der Waals surface area contributed by atoms with E-state index in [4.69, 9.17) is 9.47 Å². The van der Waals surface area contributed by atoms with Crippen LogP contribution in [0.5, 0.6) is 0 Å². The normalized spacial score (nSPS) is 42.1. The van der Waals surface area contributed by atoms with E-state index in [0.717, 1.165) is 19.3 Å². The third kappa shape index (κ3) is 5.46. The molecule has 35 heavy (non-hydrogen) atoms. The van der Waals surface area contributed by atoms with Gasteiger partial charge in [0.15, 0.2) is 6.29 Å². The van der Waals surface area contributed by atoms with Crippen molar-refractivity contribution in [1.82, 2.24) is 0 Å². The Labute approximate surface area is 207 Å². The van der Waals surface area contributed by atoms with Gasteiger partial charge in [-0.1, -0.05) is 40.2 Å². The summed E-state index contributed by atoms with van der Waals surface area (Å²) in [6.07, 6.45) is -0.886. The third-order valence-corrected chi connectivity index (χ3v) is 9.18. The highest BCUT2D eigenvalue weighted by atomic mass is 16.7. The average molecular weight is 501 g/mol. The zero-order valence-electron chi connectivity index (χ0n) is 21.3. The van der Waals surface area contributed by atoms with Crippen LogP contribution < -0.4 is 0 Å². The van der Waals surface area contributed by atoms with Gasteiger partial charge in [0.05, 0.1) is 12.7 Å². The minimum Gasteiger partial charge on any atom is -0.478 e. The second-order valence-electron chi connectivity index (χ2n) is 11.7. The number of aliphatic hydroxyl groups is 5. The van der Waals surface area contributed by atoms with E-state index in [-0.39, 0.29) is 30.0 Å². The number of ether oxygens (including phenoxy) is 2. The Kier molecular flexibility index (Phi) is 9.06. The van der Waals surface area contributed by atoms with Gasteiger partial charge in [-0.3, -0.25) is 0 Å². The first kappa shape index (κ1) is 28.5. The van der Waals surface area contributed by atoms with Gasteiger partial charge in [0.25, 0.3) is 0 Å². The lowest BCUT2D eigenvalue weighted by molar-refractivity contribution is -0.326. The van der Waals surface area contributed by atoms with E-state index in [0.29, 0.717) is 30.8 Å². The largest absolute Gasteiger partial charge is 0.478 e. The highest BCUT2D eigenvalue weighted by Crippen LogP contribution is 2.61. The molecule has 3 aliphatic rings. The molecule has 0 aromatic heterocycles. The molecule has 2 aliphatic carbocycles. The fourth-order valence-electron chi connectivity index (χ4n) is 6.92. The summed E-state index contributed by atoms with van der Waals surface area (Å²) in [5.74, 6) is -0.577. The summed E-state index contributed by atoms with van der Waals surface area (Å²) < 4.78 is 11.8. The monoisotopic (exact) mass is 500 g/mol. The minimum absolute atomic E-state index is 0.111. The summed E-state index contributed by atoms with van der Waals surface area (Å²) in [5.41, 5.74) is -0.189. The van der Waals surface area contributed by atoms with Gasteiger partial charge in [0, 0.05) is 12.2 Å². The van der Waals surface area contributed by atoms with Crippen molar-refractivity contribution >= 4 is 5.97 Å². The predicted octanol–water partition coefficient (Wildman–Crippen LogP) is 1.44. The van der Waals surface area contributed by atoms with Crippen LogP contribution in [-0.4, -0.2) is 86.6 Å². The van der Waals surface area contributed by atoms with Gasteiger partial charge < -0.3 is 40.1 Å². The number of aliphatic hydroxyl groups excluding tert-OH is 5. The van der Waals surface area contributed by atoms with E-state index < -0.39 is 48.7 Å². The Balaban J connectivity index is 1.82. The van der Waals surface area contributed by atoms with Gasteiger partial charge in [0.2, 0.25) is 0 Å². The lowest BCUT2D eigenvalue weighted by atomic mass is 9.47. The maximum absolute atomic E-state index is 12.2. The molecule has 6 N–H and O–H groups in total. The van der Waals surface area contributed by atoms with Gasteiger partial charge in [-0.15, -0.1) is 0 Å². The van der Waals surface area contributed by atoms with E-state index in [1.165, 1.54) is 0 Å².